The Kier molecular flexibility index (Phi) is 4.49. The van der Waals surface area contributed by atoms with Gasteiger partial charge < -0.3 is 0 Å². The SMILES string of the molecule is Cc1cc(C)c2c(c1)/C(=N/NC(=O)c1ccc(Cl)cc1)CCC2. The molecule has 118 valence electrons. The summed E-state index contributed by atoms with van der Waals surface area (Å²) in [5.74, 6) is -0.217. The molecule has 0 unspecified atom stereocenters. The number of hydrogen-bond donors (Lipinski definition) is 1. The summed E-state index contributed by atoms with van der Waals surface area (Å²) in [6.45, 7) is 4.23. The minimum atomic E-state index is -0.217. The fourth-order valence-electron chi connectivity index (χ4n) is 3.05. The Balaban J connectivity index is 1.84. The fraction of sp³-hybridized carbons (Fsp3) is 0.263. The predicted octanol–water partition coefficient (Wildman–Crippen LogP) is 4.43. The molecule has 23 heavy (non-hydrogen) atoms. The molecular weight excluding hydrogens is 308 g/mol. The maximum Gasteiger partial charge on any atom is 0.271 e. The van der Waals surface area contributed by atoms with E-state index >= 15 is 0 Å². The first-order valence-corrected chi connectivity index (χ1v) is 8.15. The van der Waals surface area contributed by atoms with Crippen LogP contribution in [0.4, 0.5) is 0 Å². The highest BCUT2D eigenvalue weighted by molar-refractivity contribution is 6.30. The normalized spacial score (nSPS) is 15.3. The van der Waals surface area contributed by atoms with Crippen molar-refractivity contribution < 1.29 is 4.79 Å². The summed E-state index contributed by atoms with van der Waals surface area (Å²) in [6, 6.07) is 11.2. The maximum absolute atomic E-state index is 12.2. The minimum absolute atomic E-state index is 0.217. The Hall–Kier alpha value is -2.13. The van der Waals surface area contributed by atoms with E-state index < -0.39 is 0 Å². The molecule has 0 aromatic heterocycles. The quantitative estimate of drug-likeness (QED) is 0.815. The molecule has 0 aliphatic heterocycles. The second-order valence-corrected chi connectivity index (χ2v) is 6.40. The van der Waals surface area contributed by atoms with Crippen LogP contribution in [0.25, 0.3) is 0 Å². The topological polar surface area (TPSA) is 41.5 Å². The van der Waals surface area contributed by atoms with Gasteiger partial charge in [-0.25, -0.2) is 5.43 Å². The minimum Gasteiger partial charge on any atom is -0.267 e. The van der Waals surface area contributed by atoms with Gasteiger partial charge in [0.05, 0.1) is 5.71 Å². The number of fused-ring (bicyclic) bond motifs is 1. The fourth-order valence-corrected chi connectivity index (χ4v) is 3.18. The zero-order valence-electron chi connectivity index (χ0n) is 13.3. The van der Waals surface area contributed by atoms with E-state index in [4.69, 9.17) is 11.6 Å². The molecule has 3 nitrogen and oxygen atoms in total. The smallest absolute Gasteiger partial charge is 0.267 e. The van der Waals surface area contributed by atoms with Crippen molar-refractivity contribution >= 4 is 23.2 Å². The first-order chi connectivity index (χ1) is 11.0. The van der Waals surface area contributed by atoms with Crippen molar-refractivity contribution in [3.8, 4) is 0 Å². The zero-order chi connectivity index (χ0) is 16.4. The number of rotatable bonds is 2. The molecule has 0 heterocycles. The molecule has 1 aliphatic carbocycles. The number of carbonyl (C=O) groups is 1. The van der Waals surface area contributed by atoms with Crippen LogP contribution >= 0.6 is 11.6 Å². The molecule has 2 aromatic carbocycles. The van der Waals surface area contributed by atoms with Crippen LogP contribution in [0, 0.1) is 13.8 Å². The van der Waals surface area contributed by atoms with Gasteiger partial charge in [-0.15, -0.1) is 0 Å². The van der Waals surface area contributed by atoms with Crippen molar-refractivity contribution in [3.05, 3.63) is 69.2 Å². The van der Waals surface area contributed by atoms with E-state index in [9.17, 15) is 4.79 Å². The molecular formula is C19H19ClN2O. The number of nitrogens with zero attached hydrogens (tertiary/aromatic N) is 1. The molecule has 4 heteroatoms. The van der Waals surface area contributed by atoms with Crippen molar-refractivity contribution in [1.29, 1.82) is 0 Å². The number of nitrogens with one attached hydrogen (secondary N) is 1. The Labute approximate surface area is 141 Å². The summed E-state index contributed by atoms with van der Waals surface area (Å²) in [5, 5.41) is 5.00. The Morgan fingerprint density at radius 1 is 1.13 bits per heavy atom. The van der Waals surface area contributed by atoms with Crippen LogP contribution in [-0.2, 0) is 6.42 Å². The Bertz CT molecular complexity index is 779. The van der Waals surface area contributed by atoms with Gasteiger partial charge in [0.25, 0.3) is 5.91 Å². The van der Waals surface area contributed by atoms with Gasteiger partial charge in [-0.1, -0.05) is 23.2 Å². The van der Waals surface area contributed by atoms with E-state index in [-0.39, 0.29) is 5.91 Å². The lowest BCUT2D eigenvalue weighted by Gasteiger charge is -2.20. The van der Waals surface area contributed by atoms with Gasteiger partial charge in [0.1, 0.15) is 0 Å². The van der Waals surface area contributed by atoms with Crippen molar-refractivity contribution in [2.75, 3.05) is 0 Å². The standard InChI is InChI=1S/C19H19ClN2O/c1-12-10-13(2)16-4-3-5-18(17(16)11-12)21-22-19(23)14-6-8-15(20)9-7-14/h6-11H,3-5H2,1-2H3,(H,22,23)/b21-18+. The van der Waals surface area contributed by atoms with Gasteiger partial charge in [0.15, 0.2) is 0 Å². The highest BCUT2D eigenvalue weighted by Gasteiger charge is 2.18. The largest absolute Gasteiger partial charge is 0.271 e. The van der Waals surface area contributed by atoms with Gasteiger partial charge >= 0.3 is 0 Å². The Morgan fingerprint density at radius 2 is 1.87 bits per heavy atom. The highest BCUT2D eigenvalue weighted by atomic mass is 35.5. The number of amides is 1. The van der Waals surface area contributed by atoms with Crippen LogP contribution in [0.3, 0.4) is 0 Å². The molecule has 1 amide bonds. The highest BCUT2D eigenvalue weighted by Crippen LogP contribution is 2.26. The lowest BCUT2D eigenvalue weighted by molar-refractivity contribution is 0.0955. The number of aryl methyl sites for hydroxylation is 2. The Morgan fingerprint density at radius 3 is 2.61 bits per heavy atom. The van der Waals surface area contributed by atoms with Gasteiger partial charge in [-0.05, 0) is 74.6 Å². The zero-order valence-corrected chi connectivity index (χ0v) is 14.1. The van der Waals surface area contributed by atoms with Crippen LogP contribution in [-0.4, -0.2) is 11.6 Å². The molecule has 0 bridgehead atoms. The molecule has 0 atom stereocenters. The third kappa shape index (κ3) is 3.45. The molecule has 2 aromatic rings. The number of hydrogen-bond acceptors (Lipinski definition) is 2. The average molecular weight is 327 g/mol. The monoisotopic (exact) mass is 326 g/mol. The van der Waals surface area contributed by atoms with Crippen LogP contribution in [0.15, 0.2) is 41.5 Å². The molecule has 1 N–H and O–H groups in total. The van der Waals surface area contributed by atoms with Crippen molar-refractivity contribution in [3.63, 3.8) is 0 Å². The van der Waals surface area contributed by atoms with Crippen LogP contribution < -0.4 is 5.43 Å². The number of hydrazone groups is 1. The van der Waals surface area contributed by atoms with Crippen LogP contribution in [0.1, 0.15) is 45.5 Å². The first kappa shape index (κ1) is 15.8. The van der Waals surface area contributed by atoms with Crippen LogP contribution in [0.2, 0.25) is 5.02 Å². The van der Waals surface area contributed by atoms with E-state index in [2.05, 4.69) is 36.5 Å². The maximum atomic E-state index is 12.2. The third-order valence-corrected chi connectivity index (χ3v) is 4.42. The van der Waals surface area contributed by atoms with Crippen molar-refractivity contribution in [2.45, 2.75) is 33.1 Å². The van der Waals surface area contributed by atoms with E-state index in [1.807, 2.05) is 0 Å². The second-order valence-electron chi connectivity index (χ2n) is 5.97. The van der Waals surface area contributed by atoms with E-state index in [0.29, 0.717) is 10.6 Å². The summed E-state index contributed by atoms with van der Waals surface area (Å²) >= 11 is 5.84. The molecule has 0 saturated heterocycles. The summed E-state index contributed by atoms with van der Waals surface area (Å²) in [6.07, 6.45) is 3.02. The van der Waals surface area contributed by atoms with Crippen molar-refractivity contribution in [2.24, 2.45) is 5.10 Å². The molecule has 1 aliphatic rings. The molecule has 0 fully saturated rings. The summed E-state index contributed by atoms with van der Waals surface area (Å²) in [4.78, 5) is 12.2. The molecule has 3 rings (SSSR count). The van der Waals surface area contributed by atoms with Gasteiger partial charge in [0, 0.05) is 16.1 Å². The van der Waals surface area contributed by atoms with Crippen molar-refractivity contribution in [1.82, 2.24) is 5.43 Å². The lowest BCUT2D eigenvalue weighted by atomic mass is 9.86. The summed E-state index contributed by atoms with van der Waals surface area (Å²) in [7, 11) is 0. The summed E-state index contributed by atoms with van der Waals surface area (Å²) < 4.78 is 0. The molecule has 0 saturated carbocycles. The molecule has 0 spiro atoms. The lowest BCUT2D eigenvalue weighted by Crippen LogP contribution is -2.22. The number of carbonyl (C=O) groups excluding carboxylic acids is 1. The number of halogens is 1. The number of benzene rings is 2. The van der Waals surface area contributed by atoms with Gasteiger partial charge in [0.2, 0.25) is 0 Å². The second kappa shape index (κ2) is 6.55. The predicted molar refractivity (Wildman–Crippen MR) is 94.3 cm³/mol. The van der Waals surface area contributed by atoms with Crippen LogP contribution in [0.5, 0.6) is 0 Å². The first-order valence-electron chi connectivity index (χ1n) is 7.77. The van der Waals surface area contributed by atoms with Gasteiger partial charge in [-0.3, -0.25) is 4.79 Å². The van der Waals surface area contributed by atoms with E-state index in [1.165, 1.54) is 22.3 Å². The third-order valence-electron chi connectivity index (χ3n) is 4.17. The molecule has 0 radical (unpaired) electrons. The average Bonchev–Trinajstić information content (AvgIpc) is 2.53. The summed E-state index contributed by atoms with van der Waals surface area (Å²) in [5.41, 5.74) is 9.23. The van der Waals surface area contributed by atoms with E-state index in [0.717, 1.165) is 25.0 Å². The van der Waals surface area contributed by atoms with Gasteiger partial charge in [-0.2, -0.15) is 5.10 Å². The van der Waals surface area contributed by atoms with E-state index in [1.54, 1.807) is 24.3 Å².